The van der Waals surface area contributed by atoms with Crippen LogP contribution in [-0.4, -0.2) is 37.8 Å². The van der Waals surface area contributed by atoms with Gasteiger partial charge in [0.05, 0.1) is 6.61 Å². The molecule has 0 saturated heterocycles. The molecule has 0 bridgehead atoms. The van der Waals surface area contributed by atoms with Crippen molar-refractivity contribution in [2.75, 3.05) is 13.2 Å². The predicted molar refractivity (Wildman–Crippen MR) is 157 cm³/mol. The Morgan fingerprint density at radius 2 is 1.38 bits per heavy atom. The highest BCUT2D eigenvalue weighted by Crippen LogP contribution is 2.40. The summed E-state index contributed by atoms with van der Waals surface area (Å²) in [5.74, 6) is 0.146. The molecule has 3 nitrogen and oxygen atoms in total. The molecule has 1 fully saturated rings. The van der Waals surface area contributed by atoms with Crippen LogP contribution in [0.1, 0.15) is 75.7 Å². The van der Waals surface area contributed by atoms with Crippen LogP contribution < -0.4 is 10.4 Å². The summed E-state index contributed by atoms with van der Waals surface area (Å²) in [7, 11) is -2.65. The lowest BCUT2D eigenvalue weighted by molar-refractivity contribution is 0.0408. The van der Waals surface area contributed by atoms with Gasteiger partial charge in [-0.15, -0.1) is 0 Å². The molecule has 0 atom stereocenters. The van der Waals surface area contributed by atoms with E-state index in [9.17, 15) is 4.79 Å². The van der Waals surface area contributed by atoms with Crippen molar-refractivity contribution in [3.63, 3.8) is 0 Å². The van der Waals surface area contributed by atoms with Gasteiger partial charge in [0.25, 0.3) is 14.2 Å². The number of amides is 1. The minimum absolute atomic E-state index is 0.0869. The maximum Gasteiger partial charge on any atom is 0.261 e. The van der Waals surface area contributed by atoms with Crippen LogP contribution in [0.25, 0.3) is 0 Å². The molecule has 0 spiro atoms. The second kappa shape index (κ2) is 11.4. The van der Waals surface area contributed by atoms with E-state index in [1.807, 2.05) is 31.2 Å². The molecule has 1 amide bonds. The van der Waals surface area contributed by atoms with Crippen molar-refractivity contribution in [2.45, 2.75) is 77.3 Å². The van der Waals surface area contributed by atoms with Crippen LogP contribution in [0.4, 0.5) is 0 Å². The van der Waals surface area contributed by atoms with Crippen LogP contribution in [0.2, 0.25) is 5.04 Å². The van der Waals surface area contributed by atoms with Crippen LogP contribution in [0, 0.1) is 6.92 Å². The number of hydrogen-bond donors (Lipinski definition) is 0. The van der Waals surface area contributed by atoms with Gasteiger partial charge in [0.2, 0.25) is 0 Å². The zero-order chi connectivity index (χ0) is 26.5. The second-order valence-corrected chi connectivity index (χ2v) is 15.9. The average molecular weight is 514 g/mol. The third kappa shape index (κ3) is 5.32. The molecule has 1 aliphatic carbocycles. The Balaban J connectivity index is 1.71. The standard InChI is InChI=1S/C33H43NO2Si/c1-6-33(23-15-16-24-33)34(31(35)30-22-14-13-17-27(30)2)25-26-36-37(32(3,4)5,28-18-9-7-10-19-28)29-20-11-8-12-21-29/h7-14,17-22H,6,15-16,23-26H2,1-5H3. The van der Waals surface area contributed by atoms with E-state index in [1.165, 1.54) is 23.2 Å². The summed E-state index contributed by atoms with van der Waals surface area (Å²) in [5.41, 5.74) is 1.76. The van der Waals surface area contributed by atoms with E-state index in [0.717, 1.165) is 30.4 Å². The maximum absolute atomic E-state index is 14.1. The Kier molecular flexibility index (Phi) is 8.40. The largest absolute Gasteiger partial charge is 0.406 e. The van der Waals surface area contributed by atoms with Gasteiger partial charge in [-0.1, -0.05) is 119 Å². The zero-order valence-corrected chi connectivity index (χ0v) is 24.3. The first-order valence-electron chi connectivity index (χ1n) is 13.9. The number of rotatable bonds is 9. The van der Waals surface area contributed by atoms with Gasteiger partial charge in [-0.2, -0.15) is 0 Å². The minimum Gasteiger partial charge on any atom is -0.406 e. The Hall–Kier alpha value is -2.69. The smallest absolute Gasteiger partial charge is 0.261 e. The summed E-state index contributed by atoms with van der Waals surface area (Å²) in [6.07, 6.45) is 5.48. The normalized spacial score (nSPS) is 15.5. The van der Waals surface area contributed by atoms with E-state index in [-0.39, 0.29) is 16.5 Å². The first-order chi connectivity index (χ1) is 17.7. The third-order valence-electron chi connectivity index (χ3n) is 8.44. The van der Waals surface area contributed by atoms with Crippen LogP contribution in [0.15, 0.2) is 84.9 Å². The zero-order valence-electron chi connectivity index (χ0n) is 23.3. The molecule has 0 unspecified atom stereocenters. The van der Waals surface area contributed by atoms with Crippen LogP contribution >= 0.6 is 0 Å². The summed E-state index contributed by atoms with van der Waals surface area (Å²) < 4.78 is 7.21. The molecule has 0 aliphatic heterocycles. The highest BCUT2D eigenvalue weighted by molar-refractivity contribution is 6.99. The molecule has 4 rings (SSSR count). The van der Waals surface area contributed by atoms with Crippen molar-refractivity contribution in [1.82, 2.24) is 4.90 Å². The van der Waals surface area contributed by atoms with Gasteiger partial charge < -0.3 is 9.33 Å². The quantitative estimate of drug-likeness (QED) is 0.297. The average Bonchev–Trinajstić information content (AvgIpc) is 3.39. The molecule has 37 heavy (non-hydrogen) atoms. The van der Waals surface area contributed by atoms with Gasteiger partial charge in [0.1, 0.15) is 0 Å². The van der Waals surface area contributed by atoms with E-state index in [1.54, 1.807) is 0 Å². The molecule has 4 heteroatoms. The van der Waals surface area contributed by atoms with E-state index in [0.29, 0.717) is 13.2 Å². The Labute approximate surface area is 225 Å². The maximum atomic E-state index is 14.1. The van der Waals surface area contributed by atoms with Crippen molar-refractivity contribution < 1.29 is 9.22 Å². The van der Waals surface area contributed by atoms with Crippen molar-refractivity contribution in [2.24, 2.45) is 0 Å². The molecule has 1 aliphatic rings. The number of carbonyl (C=O) groups is 1. The van der Waals surface area contributed by atoms with Gasteiger partial charge in [0, 0.05) is 17.6 Å². The van der Waals surface area contributed by atoms with Gasteiger partial charge in [0.15, 0.2) is 0 Å². The minimum atomic E-state index is -2.65. The highest BCUT2D eigenvalue weighted by Gasteiger charge is 2.50. The lowest BCUT2D eigenvalue weighted by Crippen LogP contribution is -2.67. The predicted octanol–water partition coefficient (Wildman–Crippen LogP) is 6.74. The Bertz CT molecular complexity index is 1120. The van der Waals surface area contributed by atoms with Gasteiger partial charge >= 0.3 is 0 Å². The lowest BCUT2D eigenvalue weighted by Gasteiger charge is -2.45. The van der Waals surface area contributed by atoms with E-state index >= 15 is 0 Å². The fraction of sp³-hybridized carbons (Fsp3) is 0.424. The van der Waals surface area contributed by atoms with Crippen LogP contribution in [0.3, 0.4) is 0 Å². The molecule has 3 aromatic rings. The number of hydrogen-bond acceptors (Lipinski definition) is 2. The molecule has 196 valence electrons. The van der Waals surface area contributed by atoms with Crippen LogP contribution in [-0.2, 0) is 4.43 Å². The van der Waals surface area contributed by atoms with Gasteiger partial charge in [-0.05, 0) is 53.2 Å². The molecule has 0 aromatic heterocycles. The summed E-state index contributed by atoms with van der Waals surface area (Å²) in [6.45, 7) is 12.3. The van der Waals surface area contributed by atoms with Crippen molar-refractivity contribution in [3.05, 3.63) is 96.1 Å². The molecular weight excluding hydrogens is 470 g/mol. The molecule has 0 heterocycles. The summed E-state index contributed by atoms with van der Waals surface area (Å²) in [6, 6.07) is 29.5. The monoisotopic (exact) mass is 513 g/mol. The number of nitrogens with zero attached hydrogens (tertiary/aromatic N) is 1. The second-order valence-electron chi connectivity index (χ2n) is 11.6. The van der Waals surface area contributed by atoms with E-state index in [4.69, 9.17) is 4.43 Å². The van der Waals surface area contributed by atoms with E-state index in [2.05, 4.69) is 93.3 Å². The first kappa shape index (κ1) is 27.3. The van der Waals surface area contributed by atoms with Crippen LogP contribution in [0.5, 0.6) is 0 Å². The highest BCUT2D eigenvalue weighted by atomic mass is 28.4. The summed E-state index contributed by atoms with van der Waals surface area (Å²) in [5, 5.41) is 2.46. The molecule has 3 aromatic carbocycles. The number of aryl methyl sites for hydroxylation is 1. The fourth-order valence-corrected chi connectivity index (χ4v) is 11.0. The van der Waals surface area contributed by atoms with Crippen molar-refractivity contribution >= 4 is 24.6 Å². The SMILES string of the molecule is CCC1(N(CCO[Si](c2ccccc2)(c2ccccc2)C(C)(C)C)C(=O)c2ccccc2C)CCCC1. The van der Waals surface area contributed by atoms with E-state index < -0.39 is 8.32 Å². The van der Waals surface area contributed by atoms with Gasteiger partial charge in [-0.25, -0.2) is 0 Å². The lowest BCUT2D eigenvalue weighted by atomic mass is 9.90. The van der Waals surface area contributed by atoms with Crippen molar-refractivity contribution in [1.29, 1.82) is 0 Å². The number of benzene rings is 3. The molecular formula is C33H43NO2Si. The summed E-state index contributed by atoms with van der Waals surface area (Å²) in [4.78, 5) is 16.3. The summed E-state index contributed by atoms with van der Waals surface area (Å²) >= 11 is 0. The Morgan fingerprint density at radius 1 is 0.865 bits per heavy atom. The number of carbonyl (C=O) groups excluding carboxylic acids is 1. The molecule has 0 radical (unpaired) electrons. The van der Waals surface area contributed by atoms with Gasteiger partial charge in [-0.3, -0.25) is 4.79 Å². The molecule has 1 saturated carbocycles. The fourth-order valence-electron chi connectivity index (χ4n) is 6.41. The third-order valence-corrected chi connectivity index (χ3v) is 13.5. The first-order valence-corrected chi connectivity index (χ1v) is 15.8. The van der Waals surface area contributed by atoms with Crippen molar-refractivity contribution in [3.8, 4) is 0 Å². The Morgan fingerprint density at radius 3 is 1.86 bits per heavy atom. The molecule has 0 N–H and O–H groups in total. The topological polar surface area (TPSA) is 29.5 Å².